The first kappa shape index (κ1) is 14.3. The molecule has 2 rings (SSSR count). The van der Waals surface area contributed by atoms with Crippen molar-refractivity contribution >= 4 is 22.5 Å². The van der Waals surface area contributed by atoms with Gasteiger partial charge in [0.1, 0.15) is 5.69 Å². The van der Waals surface area contributed by atoms with Crippen LogP contribution in [0.1, 0.15) is 43.1 Å². The Kier molecular flexibility index (Phi) is 4.93. The number of hydrogen-bond donors (Lipinski definition) is 2. The summed E-state index contributed by atoms with van der Waals surface area (Å²) in [7, 11) is 0. The van der Waals surface area contributed by atoms with Crippen LogP contribution in [0.5, 0.6) is 0 Å². The number of anilines is 1. The molecule has 0 radical (unpaired) electrons. The van der Waals surface area contributed by atoms with E-state index in [1.54, 1.807) is 6.07 Å². The second-order valence-electron chi connectivity index (χ2n) is 4.93. The van der Waals surface area contributed by atoms with Gasteiger partial charge in [-0.15, -0.1) is 0 Å². The number of nitrogen functional groups attached to an aromatic ring is 1. The molecule has 0 saturated carbocycles. The van der Waals surface area contributed by atoms with Gasteiger partial charge in [-0.05, 0) is 18.6 Å². The third-order valence-electron chi connectivity index (χ3n) is 3.30. The highest BCUT2D eigenvalue weighted by atomic mass is 16.1. The van der Waals surface area contributed by atoms with Gasteiger partial charge in [0.25, 0.3) is 5.91 Å². The largest absolute Gasteiger partial charge is 0.398 e. The first-order valence-electron chi connectivity index (χ1n) is 7.16. The number of carbonyl (C=O) groups is 1. The summed E-state index contributed by atoms with van der Waals surface area (Å²) in [5, 5.41) is 3.77. The molecule has 0 spiro atoms. The standard InChI is InChI=1S/C16H21N3O/c1-2-3-4-7-10-18-16(20)15-11-13(17)12-8-5-6-9-14(12)19-15/h5-6,8-9,11H,2-4,7,10H2,1H3,(H2,17,19)(H,18,20). The molecule has 1 aromatic heterocycles. The molecule has 0 aliphatic heterocycles. The van der Waals surface area contributed by atoms with Gasteiger partial charge in [0, 0.05) is 17.6 Å². The molecule has 2 aromatic rings. The maximum atomic E-state index is 12.0. The predicted octanol–water partition coefficient (Wildman–Crippen LogP) is 3.13. The van der Waals surface area contributed by atoms with Crippen LogP contribution in [-0.4, -0.2) is 17.4 Å². The van der Waals surface area contributed by atoms with E-state index in [4.69, 9.17) is 5.73 Å². The lowest BCUT2D eigenvalue weighted by Gasteiger charge is -2.07. The molecule has 0 aliphatic carbocycles. The molecule has 4 nitrogen and oxygen atoms in total. The topological polar surface area (TPSA) is 68.0 Å². The Morgan fingerprint density at radius 1 is 1.25 bits per heavy atom. The van der Waals surface area contributed by atoms with E-state index in [9.17, 15) is 4.79 Å². The maximum Gasteiger partial charge on any atom is 0.269 e. The number of nitrogens with zero attached hydrogens (tertiary/aromatic N) is 1. The lowest BCUT2D eigenvalue weighted by molar-refractivity contribution is 0.0948. The molecule has 0 fully saturated rings. The van der Waals surface area contributed by atoms with Crippen molar-refractivity contribution in [2.45, 2.75) is 32.6 Å². The van der Waals surface area contributed by atoms with Crippen LogP contribution >= 0.6 is 0 Å². The summed E-state index contributed by atoms with van der Waals surface area (Å²) in [5.41, 5.74) is 7.70. The molecule has 20 heavy (non-hydrogen) atoms. The second kappa shape index (κ2) is 6.89. The number of amides is 1. The van der Waals surface area contributed by atoms with Gasteiger partial charge >= 0.3 is 0 Å². The Balaban J connectivity index is 2.03. The smallest absolute Gasteiger partial charge is 0.269 e. The zero-order chi connectivity index (χ0) is 14.4. The SMILES string of the molecule is CCCCCCNC(=O)c1cc(N)c2ccccc2n1. The molecule has 1 aromatic carbocycles. The highest BCUT2D eigenvalue weighted by Gasteiger charge is 2.09. The Morgan fingerprint density at radius 3 is 2.85 bits per heavy atom. The van der Waals surface area contributed by atoms with E-state index in [1.807, 2.05) is 24.3 Å². The Hall–Kier alpha value is -2.10. The van der Waals surface area contributed by atoms with Crippen molar-refractivity contribution in [3.63, 3.8) is 0 Å². The van der Waals surface area contributed by atoms with Crippen LogP contribution in [-0.2, 0) is 0 Å². The monoisotopic (exact) mass is 271 g/mol. The zero-order valence-electron chi connectivity index (χ0n) is 11.9. The van der Waals surface area contributed by atoms with Crippen molar-refractivity contribution in [3.8, 4) is 0 Å². The number of aromatic nitrogens is 1. The summed E-state index contributed by atoms with van der Waals surface area (Å²) in [6.45, 7) is 2.85. The quantitative estimate of drug-likeness (QED) is 0.793. The molecule has 0 saturated heterocycles. The summed E-state index contributed by atoms with van der Waals surface area (Å²) in [5.74, 6) is -0.154. The van der Waals surface area contributed by atoms with Crippen LogP contribution in [0.15, 0.2) is 30.3 Å². The molecule has 4 heteroatoms. The van der Waals surface area contributed by atoms with Crippen LogP contribution in [0.3, 0.4) is 0 Å². The van der Waals surface area contributed by atoms with Crippen molar-refractivity contribution in [2.75, 3.05) is 12.3 Å². The second-order valence-corrected chi connectivity index (χ2v) is 4.93. The van der Waals surface area contributed by atoms with Gasteiger partial charge in [-0.25, -0.2) is 4.98 Å². The number of nitrogens with two attached hydrogens (primary N) is 1. The van der Waals surface area contributed by atoms with Gasteiger partial charge in [0.15, 0.2) is 0 Å². The van der Waals surface area contributed by atoms with E-state index in [-0.39, 0.29) is 5.91 Å². The van der Waals surface area contributed by atoms with Gasteiger partial charge in [-0.1, -0.05) is 44.4 Å². The number of benzene rings is 1. The van der Waals surface area contributed by atoms with Crippen LogP contribution in [0.2, 0.25) is 0 Å². The van der Waals surface area contributed by atoms with E-state index in [0.29, 0.717) is 17.9 Å². The van der Waals surface area contributed by atoms with Crippen molar-refractivity contribution in [3.05, 3.63) is 36.0 Å². The minimum atomic E-state index is -0.154. The number of pyridine rings is 1. The Morgan fingerprint density at radius 2 is 2.05 bits per heavy atom. The number of nitrogens with one attached hydrogen (secondary N) is 1. The van der Waals surface area contributed by atoms with Gasteiger partial charge in [-0.3, -0.25) is 4.79 Å². The number of rotatable bonds is 6. The van der Waals surface area contributed by atoms with Gasteiger partial charge in [-0.2, -0.15) is 0 Å². The molecule has 3 N–H and O–H groups in total. The molecular weight excluding hydrogens is 250 g/mol. The fourth-order valence-corrected chi connectivity index (χ4v) is 2.16. The summed E-state index contributed by atoms with van der Waals surface area (Å²) in [6.07, 6.45) is 4.54. The minimum Gasteiger partial charge on any atom is -0.398 e. The van der Waals surface area contributed by atoms with Crippen molar-refractivity contribution < 1.29 is 4.79 Å². The van der Waals surface area contributed by atoms with E-state index in [0.717, 1.165) is 23.7 Å². The van der Waals surface area contributed by atoms with Crippen molar-refractivity contribution in [2.24, 2.45) is 0 Å². The summed E-state index contributed by atoms with van der Waals surface area (Å²) in [6, 6.07) is 9.21. The van der Waals surface area contributed by atoms with Gasteiger partial charge < -0.3 is 11.1 Å². The Bertz CT molecular complexity index is 595. The number of carbonyl (C=O) groups excluding carboxylic acids is 1. The van der Waals surface area contributed by atoms with Gasteiger partial charge in [0.2, 0.25) is 0 Å². The lowest BCUT2D eigenvalue weighted by Crippen LogP contribution is -2.25. The van der Waals surface area contributed by atoms with Crippen molar-refractivity contribution in [1.29, 1.82) is 0 Å². The molecule has 106 valence electrons. The first-order chi connectivity index (χ1) is 9.72. The zero-order valence-corrected chi connectivity index (χ0v) is 11.9. The molecule has 1 heterocycles. The summed E-state index contributed by atoms with van der Waals surface area (Å²) >= 11 is 0. The number of para-hydroxylation sites is 1. The van der Waals surface area contributed by atoms with E-state index in [1.165, 1.54) is 12.8 Å². The number of fused-ring (bicyclic) bond motifs is 1. The Labute approximate surface area is 119 Å². The fourth-order valence-electron chi connectivity index (χ4n) is 2.16. The van der Waals surface area contributed by atoms with Crippen LogP contribution < -0.4 is 11.1 Å². The molecule has 0 bridgehead atoms. The van der Waals surface area contributed by atoms with E-state index < -0.39 is 0 Å². The van der Waals surface area contributed by atoms with E-state index >= 15 is 0 Å². The molecule has 0 aliphatic rings. The normalized spacial score (nSPS) is 10.7. The van der Waals surface area contributed by atoms with E-state index in [2.05, 4.69) is 17.2 Å². The molecule has 0 atom stereocenters. The minimum absolute atomic E-state index is 0.154. The third-order valence-corrected chi connectivity index (χ3v) is 3.30. The highest BCUT2D eigenvalue weighted by molar-refractivity contribution is 5.99. The average Bonchev–Trinajstić information content (AvgIpc) is 2.47. The third kappa shape index (κ3) is 3.47. The van der Waals surface area contributed by atoms with Crippen molar-refractivity contribution in [1.82, 2.24) is 10.3 Å². The lowest BCUT2D eigenvalue weighted by atomic mass is 10.1. The van der Waals surface area contributed by atoms with Crippen LogP contribution in [0, 0.1) is 0 Å². The maximum absolute atomic E-state index is 12.0. The van der Waals surface area contributed by atoms with Crippen LogP contribution in [0.4, 0.5) is 5.69 Å². The first-order valence-corrected chi connectivity index (χ1v) is 7.16. The molecule has 0 unspecified atom stereocenters. The molecule has 1 amide bonds. The molecular formula is C16H21N3O. The predicted molar refractivity (Wildman–Crippen MR) is 82.6 cm³/mol. The van der Waals surface area contributed by atoms with Gasteiger partial charge in [0.05, 0.1) is 5.52 Å². The summed E-state index contributed by atoms with van der Waals surface area (Å²) in [4.78, 5) is 16.4. The highest BCUT2D eigenvalue weighted by Crippen LogP contribution is 2.19. The van der Waals surface area contributed by atoms with Crippen LogP contribution in [0.25, 0.3) is 10.9 Å². The fraction of sp³-hybridized carbons (Fsp3) is 0.375. The number of hydrogen-bond acceptors (Lipinski definition) is 3. The average molecular weight is 271 g/mol. The number of unbranched alkanes of at least 4 members (excludes halogenated alkanes) is 3. The summed E-state index contributed by atoms with van der Waals surface area (Å²) < 4.78 is 0.